The summed E-state index contributed by atoms with van der Waals surface area (Å²) in [6, 6.07) is 6.96. The number of halogens is 1. The third-order valence-electron chi connectivity index (χ3n) is 3.47. The van der Waals surface area contributed by atoms with Crippen LogP contribution in [0.2, 0.25) is 0 Å². The minimum atomic E-state index is -0.145. The summed E-state index contributed by atoms with van der Waals surface area (Å²) in [5.41, 5.74) is 1.39. The van der Waals surface area contributed by atoms with E-state index in [-0.39, 0.29) is 16.8 Å². The number of nitrogens with one attached hydrogen (secondary N) is 1. The molecule has 0 aliphatic carbocycles. The van der Waals surface area contributed by atoms with Crippen LogP contribution in [0, 0.1) is 17.2 Å². The fourth-order valence-electron chi connectivity index (χ4n) is 2.06. The van der Waals surface area contributed by atoms with Crippen LogP contribution in [0.25, 0.3) is 0 Å². The first-order valence-corrected chi connectivity index (χ1v) is 7.07. The average Bonchev–Trinajstić information content (AvgIpc) is 2.21. The molecule has 0 saturated carbocycles. The van der Waals surface area contributed by atoms with E-state index < -0.39 is 0 Å². The van der Waals surface area contributed by atoms with Gasteiger partial charge in [-0.15, -0.1) is 0 Å². The van der Waals surface area contributed by atoms with Gasteiger partial charge in [-0.2, -0.15) is 0 Å². The largest absolute Gasteiger partial charge is 0.312 e. The minimum absolute atomic E-state index is 0.117. The van der Waals surface area contributed by atoms with Gasteiger partial charge in [0.15, 0.2) is 0 Å². The Morgan fingerprint density at radius 3 is 2.21 bits per heavy atom. The van der Waals surface area contributed by atoms with Crippen molar-refractivity contribution in [3.8, 4) is 0 Å². The van der Waals surface area contributed by atoms with Gasteiger partial charge >= 0.3 is 0 Å². The lowest BCUT2D eigenvalue weighted by Gasteiger charge is -2.34. The molecule has 0 amide bonds. The van der Waals surface area contributed by atoms with E-state index in [4.69, 9.17) is 0 Å². The van der Waals surface area contributed by atoms with Crippen molar-refractivity contribution in [1.82, 2.24) is 5.32 Å². The molecular formula is C17H28FN. The van der Waals surface area contributed by atoms with Crippen LogP contribution in [0.15, 0.2) is 24.3 Å². The van der Waals surface area contributed by atoms with E-state index >= 15 is 0 Å². The van der Waals surface area contributed by atoms with Crippen LogP contribution in [0.4, 0.5) is 4.39 Å². The quantitative estimate of drug-likeness (QED) is 0.850. The van der Waals surface area contributed by atoms with Crippen molar-refractivity contribution in [2.45, 2.75) is 53.5 Å². The third kappa shape index (κ3) is 6.20. The Labute approximate surface area is 117 Å². The van der Waals surface area contributed by atoms with Crippen molar-refractivity contribution in [3.05, 3.63) is 35.6 Å². The summed E-state index contributed by atoms with van der Waals surface area (Å²) in [6.45, 7) is 14.2. The van der Waals surface area contributed by atoms with E-state index in [1.54, 1.807) is 12.1 Å². The predicted molar refractivity (Wildman–Crippen MR) is 80.8 cm³/mol. The van der Waals surface area contributed by atoms with Crippen molar-refractivity contribution in [2.75, 3.05) is 6.54 Å². The molecule has 0 radical (unpaired) electrons. The molecule has 0 bridgehead atoms. The highest BCUT2D eigenvalue weighted by Gasteiger charge is 2.26. The fourth-order valence-corrected chi connectivity index (χ4v) is 2.06. The highest BCUT2D eigenvalue weighted by Crippen LogP contribution is 2.29. The smallest absolute Gasteiger partial charge is 0.123 e. The third-order valence-corrected chi connectivity index (χ3v) is 3.47. The Hall–Kier alpha value is -0.890. The van der Waals surface area contributed by atoms with E-state index in [0.717, 1.165) is 18.5 Å². The van der Waals surface area contributed by atoms with Crippen molar-refractivity contribution in [1.29, 1.82) is 0 Å². The second kappa shape index (κ2) is 6.04. The molecule has 1 aromatic rings. The monoisotopic (exact) mass is 265 g/mol. The van der Waals surface area contributed by atoms with Crippen LogP contribution in [0.3, 0.4) is 0 Å². The highest BCUT2D eigenvalue weighted by molar-refractivity contribution is 5.17. The fraction of sp³-hybridized carbons (Fsp3) is 0.647. The highest BCUT2D eigenvalue weighted by atomic mass is 19.1. The van der Waals surface area contributed by atoms with E-state index in [1.165, 1.54) is 6.07 Å². The first-order chi connectivity index (χ1) is 8.58. The van der Waals surface area contributed by atoms with Crippen molar-refractivity contribution in [3.63, 3.8) is 0 Å². The summed E-state index contributed by atoms with van der Waals surface area (Å²) in [6.07, 6.45) is 0.907. The topological polar surface area (TPSA) is 12.0 Å². The van der Waals surface area contributed by atoms with Gasteiger partial charge in [-0.1, -0.05) is 32.9 Å². The number of benzene rings is 1. The second-order valence-corrected chi connectivity index (χ2v) is 7.53. The molecule has 1 aromatic carbocycles. The van der Waals surface area contributed by atoms with Crippen LogP contribution in [0.1, 0.15) is 47.1 Å². The minimum Gasteiger partial charge on any atom is -0.312 e. The Morgan fingerprint density at radius 2 is 1.74 bits per heavy atom. The number of hydrogen-bond acceptors (Lipinski definition) is 1. The number of hydrogen-bond donors (Lipinski definition) is 1. The van der Waals surface area contributed by atoms with Crippen molar-refractivity contribution < 1.29 is 4.39 Å². The SMILES string of the molecule is CC(C)(C)NCC(Cc1cccc(F)c1)C(C)(C)C. The van der Waals surface area contributed by atoms with Crippen LogP contribution in [0.5, 0.6) is 0 Å². The molecule has 0 spiro atoms. The first kappa shape index (κ1) is 16.2. The van der Waals surface area contributed by atoms with Gasteiger partial charge in [0.2, 0.25) is 0 Å². The molecule has 0 heterocycles. The molecule has 0 aromatic heterocycles. The van der Waals surface area contributed by atoms with Gasteiger partial charge in [0.25, 0.3) is 0 Å². The molecule has 1 nitrogen and oxygen atoms in total. The van der Waals surface area contributed by atoms with Crippen molar-refractivity contribution in [2.24, 2.45) is 11.3 Å². The normalized spacial score (nSPS) is 14.5. The van der Waals surface area contributed by atoms with Gasteiger partial charge in [-0.3, -0.25) is 0 Å². The van der Waals surface area contributed by atoms with Gasteiger partial charge < -0.3 is 5.32 Å². The van der Waals surface area contributed by atoms with Gasteiger partial charge in [-0.25, -0.2) is 4.39 Å². The van der Waals surface area contributed by atoms with Gasteiger partial charge in [-0.05, 0) is 62.8 Å². The molecule has 108 valence electrons. The summed E-state index contributed by atoms with van der Waals surface area (Å²) in [4.78, 5) is 0. The predicted octanol–water partition coefficient (Wildman–Crippen LogP) is 4.42. The lowest BCUT2D eigenvalue weighted by molar-refractivity contribution is 0.214. The molecule has 0 aliphatic rings. The Balaban J connectivity index is 2.76. The zero-order chi connectivity index (χ0) is 14.7. The zero-order valence-corrected chi connectivity index (χ0v) is 13.2. The Bertz CT molecular complexity index is 398. The lowest BCUT2D eigenvalue weighted by Crippen LogP contribution is -2.42. The average molecular weight is 265 g/mol. The van der Waals surface area contributed by atoms with E-state index in [9.17, 15) is 4.39 Å². The second-order valence-electron chi connectivity index (χ2n) is 7.53. The molecule has 19 heavy (non-hydrogen) atoms. The van der Waals surface area contributed by atoms with E-state index in [1.807, 2.05) is 6.07 Å². The van der Waals surface area contributed by atoms with Crippen molar-refractivity contribution >= 4 is 0 Å². The van der Waals surface area contributed by atoms with Crippen LogP contribution < -0.4 is 5.32 Å². The molecule has 0 fully saturated rings. The molecule has 0 aliphatic heterocycles. The summed E-state index contributed by atoms with van der Waals surface area (Å²) in [7, 11) is 0. The van der Waals surface area contributed by atoms with Crippen LogP contribution >= 0.6 is 0 Å². The lowest BCUT2D eigenvalue weighted by atomic mass is 9.77. The van der Waals surface area contributed by atoms with Gasteiger partial charge in [0, 0.05) is 5.54 Å². The van der Waals surface area contributed by atoms with E-state index in [2.05, 4.69) is 46.9 Å². The summed E-state index contributed by atoms with van der Waals surface area (Å²) in [5.74, 6) is 0.336. The molecule has 1 atom stereocenters. The molecular weight excluding hydrogens is 237 g/mol. The Morgan fingerprint density at radius 1 is 1.11 bits per heavy atom. The maximum absolute atomic E-state index is 13.3. The molecule has 1 rings (SSSR count). The van der Waals surface area contributed by atoms with Gasteiger partial charge in [0.1, 0.15) is 5.82 Å². The molecule has 1 unspecified atom stereocenters. The Kier molecular flexibility index (Phi) is 5.14. The molecule has 0 saturated heterocycles. The summed E-state index contributed by atoms with van der Waals surface area (Å²) in [5, 5.41) is 3.57. The standard InChI is InChI=1S/C17H28FN/c1-16(2,3)14(12-19-17(4,5)6)10-13-8-7-9-15(18)11-13/h7-9,11,14,19H,10,12H2,1-6H3. The maximum atomic E-state index is 13.3. The molecule has 2 heteroatoms. The first-order valence-electron chi connectivity index (χ1n) is 7.07. The van der Waals surface area contributed by atoms with E-state index in [0.29, 0.717) is 5.92 Å². The summed E-state index contributed by atoms with van der Waals surface area (Å²) >= 11 is 0. The van der Waals surface area contributed by atoms with Gasteiger partial charge in [0.05, 0.1) is 0 Å². The number of rotatable bonds is 4. The zero-order valence-electron chi connectivity index (χ0n) is 13.2. The van der Waals surface area contributed by atoms with Crippen LogP contribution in [-0.4, -0.2) is 12.1 Å². The van der Waals surface area contributed by atoms with Crippen LogP contribution in [-0.2, 0) is 6.42 Å². The summed E-state index contributed by atoms with van der Waals surface area (Å²) < 4.78 is 13.3. The molecule has 1 N–H and O–H groups in total. The maximum Gasteiger partial charge on any atom is 0.123 e.